The van der Waals surface area contributed by atoms with Crippen molar-refractivity contribution in [3.8, 4) is 0 Å². The molecule has 8 heteroatoms. The average Bonchev–Trinajstić information content (AvgIpc) is 3.20. The van der Waals surface area contributed by atoms with Crippen molar-refractivity contribution >= 4 is 28.3 Å². The second-order valence-corrected chi connectivity index (χ2v) is 7.46. The van der Waals surface area contributed by atoms with Crippen LogP contribution >= 0.6 is 11.3 Å². The zero-order chi connectivity index (χ0) is 18.0. The Labute approximate surface area is 150 Å². The number of carbonyl (C=O) groups is 2. The molecule has 1 unspecified atom stereocenters. The number of aromatic nitrogens is 3. The van der Waals surface area contributed by atoms with E-state index in [2.05, 4.69) is 20.5 Å². The average molecular weight is 359 g/mol. The molecule has 1 fully saturated rings. The van der Waals surface area contributed by atoms with Crippen molar-refractivity contribution in [1.29, 1.82) is 0 Å². The monoisotopic (exact) mass is 359 g/mol. The van der Waals surface area contributed by atoms with Crippen LogP contribution < -0.4 is 10.2 Å². The molecule has 0 aliphatic carbocycles. The second-order valence-electron chi connectivity index (χ2n) is 6.47. The molecule has 1 aliphatic heterocycles. The third-order valence-corrected chi connectivity index (χ3v) is 5.45. The number of nitrogens with one attached hydrogen (secondary N) is 1. The number of nitrogens with zero attached hydrogens (tertiary/aromatic N) is 4. The van der Waals surface area contributed by atoms with Crippen LogP contribution in [-0.2, 0) is 16.1 Å². The van der Waals surface area contributed by atoms with Gasteiger partial charge in [0.1, 0.15) is 5.01 Å². The summed E-state index contributed by atoms with van der Waals surface area (Å²) in [5.41, 5.74) is 1.87. The molecule has 3 heterocycles. The Morgan fingerprint density at radius 1 is 1.44 bits per heavy atom. The van der Waals surface area contributed by atoms with E-state index in [4.69, 9.17) is 0 Å². The van der Waals surface area contributed by atoms with Crippen LogP contribution in [0.1, 0.15) is 42.5 Å². The lowest BCUT2D eigenvalue weighted by Gasteiger charge is -2.13. The first-order valence-corrected chi connectivity index (χ1v) is 9.09. The number of pyridine rings is 1. The van der Waals surface area contributed by atoms with Crippen LogP contribution in [0.25, 0.3) is 0 Å². The molecular weight excluding hydrogens is 338 g/mol. The highest BCUT2D eigenvalue weighted by atomic mass is 32.1. The Morgan fingerprint density at radius 3 is 2.92 bits per heavy atom. The maximum atomic E-state index is 12.4. The third-order valence-electron chi connectivity index (χ3n) is 4.20. The van der Waals surface area contributed by atoms with Gasteiger partial charge in [-0.15, -0.1) is 10.2 Å². The number of hydrogen-bond acceptors (Lipinski definition) is 6. The summed E-state index contributed by atoms with van der Waals surface area (Å²) in [5, 5.41) is 12.6. The number of carbonyl (C=O) groups excluding carboxylic acids is 2. The highest BCUT2D eigenvalue weighted by Crippen LogP contribution is 2.30. The molecule has 0 bridgehead atoms. The third kappa shape index (κ3) is 3.84. The maximum Gasteiger partial charge on any atom is 0.229 e. The molecule has 25 heavy (non-hydrogen) atoms. The molecule has 0 aromatic carbocycles. The number of amides is 2. The van der Waals surface area contributed by atoms with Crippen LogP contribution in [0.15, 0.2) is 18.3 Å². The zero-order valence-corrected chi connectivity index (χ0v) is 15.3. The fraction of sp³-hybridized carbons (Fsp3) is 0.471. The predicted molar refractivity (Wildman–Crippen MR) is 95.3 cm³/mol. The van der Waals surface area contributed by atoms with Gasteiger partial charge in [-0.25, -0.2) is 0 Å². The van der Waals surface area contributed by atoms with Gasteiger partial charge < -0.3 is 5.32 Å². The van der Waals surface area contributed by atoms with Crippen molar-refractivity contribution in [3.05, 3.63) is 34.6 Å². The summed E-state index contributed by atoms with van der Waals surface area (Å²) in [6, 6.07) is 3.82. The van der Waals surface area contributed by atoms with Crippen molar-refractivity contribution in [1.82, 2.24) is 20.5 Å². The van der Waals surface area contributed by atoms with E-state index in [9.17, 15) is 9.59 Å². The lowest BCUT2D eigenvalue weighted by molar-refractivity contribution is -0.126. The second kappa shape index (κ2) is 7.26. The standard InChI is InChI=1S/C17H21N5O2S/c1-10(2)16-20-21-17(25-16)22-9-12(7-14(22)23)15(24)19-8-13-11(3)5-4-6-18-13/h4-6,10,12H,7-9H2,1-3H3,(H,19,24). The van der Waals surface area contributed by atoms with Crippen LogP contribution in [0.5, 0.6) is 0 Å². The number of anilines is 1. The molecule has 3 rings (SSSR count). The van der Waals surface area contributed by atoms with Crippen LogP contribution in [0.2, 0.25) is 0 Å². The van der Waals surface area contributed by atoms with Gasteiger partial charge in [-0.3, -0.25) is 19.5 Å². The predicted octanol–water partition coefficient (Wildman–Crippen LogP) is 2.03. The molecule has 2 amide bonds. The molecule has 132 valence electrons. The first-order chi connectivity index (χ1) is 12.0. The quantitative estimate of drug-likeness (QED) is 0.882. The minimum Gasteiger partial charge on any atom is -0.350 e. The fourth-order valence-corrected chi connectivity index (χ4v) is 3.53. The van der Waals surface area contributed by atoms with Gasteiger partial charge >= 0.3 is 0 Å². The number of rotatable bonds is 5. The van der Waals surface area contributed by atoms with Gasteiger partial charge in [0.05, 0.1) is 18.2 Å². The van der Waals surface area contributed by atoms with Crippen molar-refractivity contribution < 1.29 is 9.59 Å². The summed E-state index contributed by atoms with van der Waals surface area (Å²) in [6.07, 6.45) is 1.90. The minimum atomic E-state index is -0.372. The van der Waals surface area contributed by atoms with Crippen molar-refractivity contribution in [2.45, 2.75) is 39.7 Å². The summed E-state index contributed by atoms with van der Waals surface area (Å²) in [5.74, 6) is -0.317. The minimum absolute atomic E-state index is 0.0828. The highest BCUT2D eigenvalue weighted by Gasteiger charge is 2.36. The Balaban J connectivity index is 1.61. The summed E-state index contributed by atoms with van der Waals surface area (Å²) in [4.78, 5) is 30.5. The van der Waals surface area contributed by atoms with E-state index in [0.717, 1.165) is 16.3 Å². The Kier molecular flexibility index (Phi) is 5.08. The van der Waals surface area contributed by atoms with Crippen LogP contribution in [0, 0.1) is 12.8 Å². The van der Waals surface area contributed by atoms with Crippen molar-refractivity contribution in [3.63, 3.8) is 0 Å². The first kappa shape index (κ1) is 17.5. The summed E-state index contributed by atoms with van der Waals surface area (Å²) >= 11 is 1.41. The topological polar surface area (TPSA) is 88.1 Å². The van der Waals surface area contributed by atoms with Gasteiger partial charge in [-0.2, -0.15) is 0 Å². The highest BCUT2D eigenvalue weighted by molar-refractivity contribution is 7.15. The van der Waals surface area contributed by atoms with E-state index < -0.39 is 0 Å². The van der Waals surface area contributed by atoms with Gasteiger partial charge in [0, 0.05) is 25.1 Å². The van der Waals surface area contributed by atoms with E-state index in [1.165, 1.54) is 11.3 Å². The molecule has 0 spiro atoms. The van der Waals surface area contributed by atoms with E-state index in [1.54, 1.807) is 11.1 Å². The lowest BCUT2D eigenvalue weighted by Crippen LogP contribution is -2.33. The number of aryl methyl sites for hydroxylation is 1. The van der Waals surface area contributed by atoms with E-state index in [1.807, 2.05) is 32.9 Å². The van der Waals surface area contributed by atoms with Crippen LogP contribution in [0.4, 0.5) is 5.13 Å². The van der Waals surface area contributed by atoms with Crippen molar-refractivity contribution in [2.75, 3.05) is 11.4 Å². The van der Waals surface area contributed by atoms with E-state index in [0.29, 0.717) is 18.2 Å². The van der Waals surface area contributed by atoms with E-state index >= 15 is 0 Å². The summed E-state index contributed by atoms with van der Waals surface area (Å²) in [6.45, 7) is 6.74. The molecular formula is C17H21N5O2S. The van der Waals surface area contributed by atoms with Crippen molar-refractivity contribution in [2.24, 2.45) is 5.92 Å². The van der Waals surface area contributed by atoms with Gasteiger partial charge in [0.2, 0.25) is 16.9 Å². The first-order valence-electron chi connectivity index (χ1n) is 8.27. The van der Waals surface area contributed by atoms with Gasteiger partial charge in [-0.1, -0.05) is 31.3 Å². The smallest absolute Gasteiger partial charge is 0.229 e. The number of hydrogen-bond donors (Lipinski definition) is 1. The van der Waals surface area contributed by atoms with Crippen LogP contribution in [0.3, 0.4) is 0 Å². The largest absolute Gasteiger partial charge is 0.350 e. The summed E-state index contributed by atoms with van der Waals surface area (Å²) in [7, 11) is 0. The summed E-state index contributed by atoms with van der Waals surface area (Å²) < 4.78 is 0. The molecule has 7 nitrogen and oxygen atoms in total. The molecule has 2 aromatic heterocycles. The Hall–Kier alpha value is -2.35. The normalized spacial score (nSPS) is 17.4. The van der Waals surface area contributed by atoms with E-state index in [-0.39, 0.29) is 30.1 Å². The molecule has 0 saturated carbocycles. The van der Waals surface area contributed by atoms with Gasteiger partial charge in [0.15, 0.2) is 0 Å². The fourth-order valence-electron chi connectivity index (χ4n) is 2.66. The zero-order valence-electron chi connectivity index (χ0n) is 14.5. The molecule has 2 aromatic rings. The molecule has 1 aliphatic rings. The molecule has 0 radical (unpaired) electrons. The molecule has 1 atom stereocenters. The van der Waals surface area contributed by atoms with Gasteiger partial charge in [-0.05, 0) is 18.6 Å². The van der Waals surface area contributed by atoms with Gasteiger partial charge in [0.25, 0.3) is 0 Å². The molecule has 1 N–H and O–H groups in total. The Morgan fingerprint density at radius 2 is 2.24 bits per heavy atom. The maximum absolute atomic E-state index is 12.4. The molecule has 1 saturated heterocycles. The SMILES string of the molecule is Cc1cccnc1CNC(=O)C1CC(=O)N(c2nnc(C(C)C)s2)C1. The lowest BCUT2D eigenvalue weighted by atomic mass is 10.1. The van der Waals surface area contributed by atoms with Crippen LogP contribution in [-0.4, -0.2) is 33.5 Å². The Bertz CT molecular complexity index is 789.